The van der Waals surface area contributed by atoms with Crippen LogP contribution in [0.3, 0.4) is 0 Å². The van der Waals surface area contributed by atoms with Crippen molar-refractivity contribution in [3.05, 3.63) is 60.2 Å². The number of carboxylic acid groups (broad SMARTS) is 1. The number of nitrogens with one attached hydrogen (secondary N) is 1. The monoisotopic (exact) mass is 572 g/mol. The molecule has 0 spiro atoms. The van der Waals surface area contributed by atoms with Crippen LogP contribution in [0.2, 0.25) is 0 Å². The number of amides is 2. The number of alkyl carbamates (subject to hydrolysis) is 1. The zero-order valence-electron chi connectivity index (χ0n) is 24.1. The maximum absolute atomic E-state index is 13.8. The van der Waals surface area contributed by atoms with Gasteiger partial charge in [-0.1, -0.05) is 63.3 Å². The zero-order valence-corrected chi connectivity index (χ0v) is 24.1. The average Bonchev–Trinajstić information content (AvgIpc) is 3.38. The van der Waals surface area contributed by atoms with E-state index >= 15 is 0 Å². The third-order valence-corrected chi connectivity index (χ3v) is 7.49. The molecule has 1 aromatic heterocycles. The summed E-state index contributed by atoms with van der Waals surface area (Å²) in [6, 6.07) is 13.2. The van der Waals surface area contributed by atoms with Gasteiger partial charge < -0.3 is 24.8 Å². The van der Waals surface area contributed by atoms with Crippen LogP contribution >= 0.6 is 0 Å². The van der Waals surface area contributed by atoms with E-state index in [-0.39, 0.29) is 25.5 Å². The first kappa shape index (κ1) is 29.0. The number of carboxylic acids is 1. The summed E-state index contributed by atoms with van der Waals surface area (Å²) in [7, 11) is 0. The number of carbonyl (C=O) groups excluding carboxylic acids is 2. The number of carbonyl (C=O) groups is 3. The number of rotatable bonds is 1. The topological polar surface area (TPSA) is 131 Å². The standard InChI is InChI=1S/C32H36N4O6/c1-32(2,3)27-29(37)36-19-22(18-25(36)30(38)39)42-28-26(33-23-14-7-8-15-24(23)34-28)21-13-10-12-20(17-21)11-6-4-5-9-16-41-31(40)35-27/h6-8,10-15,17,22,25,27H,4-5,9,16,18-19H2,1-3H3,(H,35,40)(H,38,39)/t22-,25+,27-/m1/s1. The van der Waals surface area contributed by atoms with Crippen LogP contribution in [0.4, 0.5) is 4.79 Å². The molecule has 0 aliphatic carbocycles. The van der Waals surface area contributed by atoms with Crippen LogP contribution in [-0.2, 0) is 14.3 Å². The molecule has 4 bridgehead atoms. The lowest BCUT2D eigenvalue weighted by molar-refractivity contribution is -0.150. The van der Waals surface area contributed by atoms with Crippen LogP contribution in [0.1, 0.15) is 52.0 Å². The van der Waals surface area contributed by atoms with E-state index < -0.39 is 41.6 Å². The summed E-state index contributed by atoms with van der Waals surface area (Å²) in [6.07, 6.45) is 5.08. The van der Waals surface area contributed by atoms with Gasteiger partial charge in [-0.15, -0.1) is 0 Å². The first-order valence-corrected chi connectivity index (χ1v) is 14.3. The molecule has 2 N–H and O–H groups in total. The molecule has 2 aromatic carbocycles. The number of hydrogen-bond donors (Lipinski definition) is 2. The summed E-state index contributed by atoms with van der Waals surface area (Å²) >= 11 is 0. The van der Waals surface area contributed by atoms with Crippen LogP contribution < -0.4 is 10.1 Å². The highest BCUT2D eigenvalue weighted by molar-refractivity contribution is 5.90. The predicted octanol–water partition coefficient (Wildman–Crippen LogP) is 5.07. The van der Waals surface area contributed by atoms with Crippen molar-refractivity contribution in [2.75, 3.05) is 13.2 Å². The molecule has 3 atom stereocenters. The van der Waals surface area contributed by atoms with Crippen molar-refractivity contribution in [2.45, 2.75) is 64.6 Å². The Morgan fingerprint density at radius 2 is 1.81 bits per heavy atom. The summed E-state index contributed by atoms with van der Waals surface area (Å²) < 4.78 is 11.7. The minimum Gasteiger partial charge on any atom is -0.480 e. The molecule has 3 aromatic rings. The minimum absolute atomic E-state index is 0.00975. The molecule has 2 aliphatic heterocycles. The van der Waals surface area contributed by atoms with Gasteiger partial charge in [-0.2, -0.15) is 0 Å². The smallest absolute Gasteiger partial charge is 0.407 e. The molecular weight excluding hydrogens is 536 g/mol. The van der Waals surface area contributed by atoms with Crippen LogP contribution in [-0.4, -0.2) is 69.3 Å². The lowest BCUT2D eigenvalue weighted by atomic mass is 9.85. The number of aliphatic carboxylic acids is 1. The highest BCUT2D eigenvalue weighted by Gasteiger charge is 2.46. The molecule has 0 radical (unpaired) electrons. The predicted molar refractivity (Wildman–Crippen MR) is 158 cm³/mol. The molecule has 220 valence electrons. The van der Waals surface area contributed by atoms with E-state index in [2.05, 4.69) is 11.4 Å². The van der Waals surface area contributed by atoms with Crippen molar-refractivity contribution in [1.29, 1.82) is 0 Å². The summed E-state index contributed by atoms with van der Waals surface area (Å²) in [5.74, 6) is -1.39. The van der Waals surface area contributed by atoms with Gasteiger partial charge in [0.05, 0.1) is 24.2 Å². The molecule has 0 saturated carbocycles. The van der Waals surface area contributed by atoms with Crippen LogP contribution in [0.15, 0.2) is 54.6 Å². The number of benzene rings is 2. The van der Waals surface area contributed by atoms with E-state index in [1.165, 1.54) is 4.90 Å². The van der Waals surface area contributed by atoms with E-state index in [1.54, 1.807) is 0 Å². The van der Waals surface area contributed by atoms with Crippen molar-refractivity contribution in [2.24, 2.45) is 5.41 Å². The van der Waals surface area contributed by atoms with Gasteiger partial charge >= 0.3 is 12.1 Å². The first-order chi connectivity index (χ1) is 20.1. The molecule has 5 rings (SSSR count). The van der Waals surface area contributed by atoms with Gasteiger partial charge in [0, 0.05) is 12.0 Å². The fourth-order valence-corrected chi connectivity index (χ4v) is 5.28. The van der Waals surface area contributed by atoms with Crippen molar-refractivity contribution in [1.82, 2.24) is 20.2 Å². The number of para-hydroxylation sites is 2. The van der Waals surface area contributed by atoms with Crippen molar-refractivity contribution in [3.63, 3.8) is 0 Å². The van der Waals surface area contributed by atoms with Gasteiger partial charge in [-0.3, -0.25) is 4.79 Å². The molecule has 0 unspecified atom stereocenters. The summed E-state index contributed by atoms with van der Waals surface area (Å²) in [6.45, 7) is 5.65. The quantitative estimate of drug-likeness (QED) is 0.413. The molecule has 3 heterocycles. The number of aromatic nitrogens is 2. The maximum Gasteiger partial charge on any atom is 0.407 e. The van der Waals surface area contributed by atoms with E-state index in [0.717, 1.165) is 24.0 Å². The second kappa shape index (κ2) is 12.2. The molecular formula is C32H36N4O6. The van der Waals surface area contributed by atoms with Gasteiger partial charge in [0.1, 0.15) is 23.9 Å². The average molecular weight is 573 g/mol. The Bertz CT molecular complexity index is 1510. The van der Waals surface area contributed by atoms with Gasteiger partial charge in [0.15, 0.2) is 0 Å². The maximum atomic E-state index is 13.8. The third-order valence-electron chi connectivity index (χ3n) is 7.49. The molecule has 1 fully saturated rings. The van der Waals surface area contributed by atoms with E-state index in [4.69, 9.17) is 19.4 Å². The normalized spacial score (nSPS) is 22.1. The van der Waals surface area contributed by atoms with E-state index in [1.807, 2.05) is 75.4 Å². The molecule has 1 saturated heterocycles. The Morgan fingerprint density at radius 3 is 2.55 bits per heavy atom. The number of nitrogens with zero attached hydrogens (tertiary/aromatic N) is 3. The third kappa shape index (κ3) is 6.53. The van der Waals surface area contributed by atoms with Gasteiger partial charge in [0.25, 0.3) is 0 Å². The fraction of sp³-hybridized carbons (Fsp3) is 0.406. The summed E-state index contributed by atoms with van der Waals surface area (Å²) in [5, 5.41) is 12.8. The number of ether oxygens (including phenoxy) is 2. The minimum atomic E-state index is -1.15. The van der Waals surface area contributed by atoms with Crippen LogP contribution in [0.5, 0.6) is 5.88 Å². The Labute approximate surface area is 244 Å². The Morgan fingerprint density at radius 1 is 1.05 bits per heavy atom. The van der Waals surface area contributed by atoms with Crippen molar-refractivity contribution >= 4 is 35.1 Å². The number of allylic oxidation sites excluding steroid dienone is 1. The van der Waals surface area contributed by atoms with Gasteiger partial charge in [-0.25, -0.2) is 19.6 Å². The lowest BCUT2D eigenvalue weighted by Crippen LogP contribution is -2.57. The number of cyclic esters (lactones) is 1. The second-order valence-corrected chi connectivity index (χ2v) is 11.8. The first-order valence-electron chi connectivity index (χ1n) is 14.3. The SMILES string of the molecule is CC(C)(C)[C@@H]1NC(=O)OCCCCC=Cc2cccc(c2)-c2nc3ccccc3nc2O[C@@H]2C[C@@H](C(=O)O)N(C2)C1=O. The Kier molecular flexibility index (Phi) is 8.42. The highest BCUT2D eigenvalue weighted by atomic mass is 16.5. The van der Waals surface area contributed by atoms with Gasteiger partial charge in [0.2, 0.25) is 11.8 Å². The van der Waals surface area contributed by atoms with Gasteiger partial charge in [-0.05, 0) is 48.4 Å². The fourth-order valence-electron chi connectivity index (χ4n) is 5.28. The number of fused-ring (bicyclic) bond motifs is 7. The Balaban J connectivity index is 1.56. The largest absolute Gasteiger partial charge is 0.480 e. The molecule has 10 heteroatoms. The van der Waals surface area contributed by atoms with Crippen molar-refractivity contribution < 1.29 is 29.0 Å². The van der Waals surface area contributed by atoms with Crippen molar-refractivity contribution in [3.8, 4) is 17.1 Å². The number of hydrogen-bond acceptors (Lipinski definition) is 7. The van der Waals surface area contributed by atoms with Crippen LogP contribution in [0, 0.1) is 5.41 Å². The molecule has 42 heavy (non-hydrogen) atoms. The summed E-state index contributed by atoms with van der Waals surface area (Å²) in [5.41, 5.74) is 2.96. The summed E-state index contributed by atoms with van der Waals surface area (Å²) in [4.78, 5) is 49.7. The highest BCUT2D eigenvalue weighted by Crippen LogP contribution is 2.33. The lowest BCUT2D eigenvalue weighted by Gasteiger charge is -2.34. The second-order valence-electron chi connectivity index (χ2n) is 11.8. The molecule has 2 aliphatic rings. The molecule has 10 nitrogen and oxygen atoms in total. The zero-order chi connectivity index (χ0) is 29.9. The van der Waals surface area contributed by atoms with E-state index in [0.29, 0.717) is 23.1 Å². The van der Waals surface area contributed by atoms with Crippen LogP contribution in [0.25, 0.3) is 28.4 Å². The Hall–Kier alpha value is -4.47. The van der Waals surface area contributed by atoms with E-state index in [9.17, 15) is 19.5 Å². The molecule has 2 amide bonds.